The number of morpholine rings is 1. The van der Waals surface area contributed by atoms with E-state index in [0.29, 0.717) is 11.6 Å². The number of nitrogens with one attached hydrogen (secondary N) is 1. The van der Waals surface area contributed by atoms with Crippen molar-refractivity contribution in [2.75, 3.05) is 36.6 Å². The number of nitrogens with zero attached hydrogens (tertiary/aromatic N) is 4. The van der Waals surface area contributed by atoms with Crippen LogP contribution in [0.2, 0.25) is 0 Å². The second-order valence-corrected chi connectivity index (χ2v) is 4.25. The fourth-order valence-electron chi connectivity index (χ4n) is 1.90. The minimum Gasteiger partial charge on any atom is -0.463 e. The first kappa shape index (κ1) is 12.6. The standard InChI is InChI=1S/C13H15N5O2/c1-2-11(20-5-1)9-16-17-12-8-13(15-10-14-12)18-3-6-19-7-4-18/h1-2,5,8-10H,3-4,6-7H2,(H,14,15,17). The topological polar surface area (TPSA) is 75.8 Å². The van der Waals surface area contributed by atoms with Crippen molar-refractivity contribution in [3.8, 4) is 0 Å². The Morgan fingerprint density at radius 3 is 3.00 bits per heavy atom. The molecule has 0 unspecified atom stereocenters. The van der Waals surface area contributed by atoms with Gasteiger partial charge in [0.1, 0.15) is 17.9 Å². The van der Waals surface area contributed by atoms with Crippen LogP contribution < -0.4 is 10.3 Å². The van der Waals surface area contributed by atoms with Gasteiger partial charge in [-0.15, -0.1) is 0 Å². The molecule has 0 bridgehead atoms. The normalized spacial score (nSPS) is 15.7. The summed E-state index contributed by atoms with van der Waals surface area (Å²) in [5, 5.41) is 4.07. The third-order valence-corrected chi connectivity index (χ3v) is 2.90. The zero-order valence-corrected chi connectivity index (χ0v) is 10.9. The predicted octanol–water partition coefficient (Wildman–Crippen LogP) is 1.35. The van der Waals surface area contributed by atoms with Gasteiger partial charge in [-0.25, -0.2) is 9.97 Å². The maximum atomic E-state index is 5.32. The average molecular weight is 273 g/mol. The highest BCUT2D eigenvalue weighted by Gasteiger charge is 2.12. The Morgan fingerprint density at radius 1 is 1.30 bits per heavy atom. The molecule has 2 aromatic heterocycles. The van der Waals surface area contributed by atoms with Gasteiger partial charge in [-0.1, -0.05) is 0 Å². The number of hydrogen-bond acceptors (Lipinski definition) is 7. The molecule has 20 heavy (non-hydrogen) atoms. The Labute approximate surface area is 116 Å². The number of furan rings is 1. The molecule has 0 aliphatic carbocycles. The molecule has 3 rings (SSSR count). The van der Waals surface area contributed by atoms with Crippen molar-refractivity contribution < 1.29 is 9.15 Å². The number of ether oxygens (including phenoxy) is 1. The lowest BCUT2D eigenvalue weighted by Crippen LogP contribution is -2.36. The fourth-order valence-corrected chi connectivity index (χ4v) is 1.90. The third kappa shape index (κ3) is 3.12. The quantitative estimate of drug-likeness (QED) is 0.669. The van der Waals surface area contributed by atoms with E-state index in [-0.39, 0.29) is 0 Å². The van der Waals surface area contributed by atoms with E-state index in [2.05, 4.69) is 25.4 Å². The van der Waals surface area contributed by atoms with Gasteiger partial charge in [-0.2, -0.15) is 5.10 Å². The summed E-state index contributed by atoms with van der Waals surface area (Å²) >= 11 is 0. The van der Waals surface area contributed by atoms with Crippen LogP contribution in [0.25, 0.3) is 0 Å². The molecular formula is C13H15N5O2. The highest BCUT2D eigenvalue weighted by molar-refractivity contribution is 5.76. The lowest BCUT2D eigenvalue weighted by molar-refractivity contribution is 0.122. The van der Waals surface area contributed by atoms with Crippen LogP contribution in [-0.4, -0.2) is 42.5 Å². The summed E-state index contributed by atoms with van der Waals surface area (Å²) in [4.78, 5) is 10.6. The second-order valence-electron chi connectivity index (χ2n) is 4.25. The van der Waals surface area contributed by atoms with Crippen LogP contribution in [0.3, 0.4) is 0 Å². The molecule has 1 saturated heterocycles. The van der Waals surface area contributed by atoms with Gasteiger partial charge >= 0.3 is 0 Å². The van der Waals surface area contributed by atoms with E-state index < -0.39 is 0 Å². The molecule has 1 fully saturated rings. The van der Waals surface area contributed by atoms with Crippen LogP contribution in [0, 0.1) is 0 Å². The lowest BCUT2D eigenvalue weighted by atomic mass is 10.4. The van der Waals surface area contributed by atoms with E-state index in [1.54, 1.807) is 12.5 Å². The van der Waals surface area contributed by atoms with E-state index in [9.17, 15) is 0 Å². The number of hydrazone groups is 1. The van der Waals surface area contributed by atoms with Gasteiger partial charge in [0.05, 0.1) is 25.7 Å². The van der Waals surface area contributed by atoms with E-state index in [1.165, 1.54) is 6.33 Å². The van der Waals surface area contributed by atoms with Crippen molar-refractivity contribution in [2.24, 2.45) is 5.10 Å². The molecule has 2 aromatic rings. The number of anilines is 2. The molecule has 1 N–H and O–H groups in total. The first-order valence-corrected chi connectivity index (χ1v) is 6.39. The SMILES string of the molecule is C(=NNc1cc(N2CCOCC2)ncn1)c1ccco1. The predicted molar refractivity (Wildman–Crippen MR) is 75.0 cm³/mol. The van der Waals surface area contributed by atoms with Gasteiger partial charge < -0.3 is 14.1 Å². The van der Waals surface area contributed by atoms with E-state index in [4.69, 9.17) is 9.15 Å². The molecule has 1 aliphatic heterocycles. The van der Waals surface area contributed by atoms with Gasteiger partial charge in [0.15, 0.2) is 5.82 Å². The molecule has 0 atom stereocenters. The highest BCUT2D eigenvalue weighted by atomic mass is 16.5. The molecule has 7 nitrogen and oxygen atoms in total. The summed E-state index contributed by atoms with van der Waals surface area (Å²) in [5.41, 5.74) is 2.86. The maximum absolute atomic E-state index is 5.32. The van der Waals surface area contributed by atoms with E-state index in [1.807, 2.05) is 18.2 Å². The van der Waals surface area contributed by atoms with Crippen LogP contribution >= 0.6 is 0 Å². The van der Waals surface area contributed by atoms with Crippen molar-refractivity contribution in [2.45, 2.75) is 0 Å². The lowest BCUT2D eigenvalue weighted by Gasteiger charge is -2.27. The van der Waals surface area contributed by atoms with Crippen molar-refractivity contribution >= 4 is 17.9 Å². The summed E-state index contributed by atoms with van der Waals surface area (Å²) < 4.78 is 10.5. The summed E-state index contributed by atoms with van der Waals surface area (Å²) in [7, 11) is 0. The third-order valence-electron chi connectivity index (χ3n) is 2.90. The monoisotopic (exact) mass is 273 g/mol. The van der Waals surface area contributed by atoms with Crippen molar-refractivity contribution in [1.82, 2.24) is 9.97 Å². The molecule has 0 saturated carbocycles. The van der Waals surface area contributed by atoms with Crippen LogP contribution in [-0.2, 0) is 4.74 Å². The molecule has 0 spiro atoms. The molecule has 0 amide bonds. The summed E-state index contributed by atoms with van der Waals surface area (Å²) in [6.07, 6.45) is 4.72. The van der Waals surface area contributed by atoms with Gasteiger partial charge in [0, 0.05) is 19.2 Å². The number of aromatic nitrogens is 2. The first-order valence-electron chi connectivity index (χ1n) is 6.39. The molecule has 1 aliphatic rings. The Balaban J connectivity index is 1.64. The molecule has 3 heterocycles. The van der Waals surface area contributed by atoms with Crippen molar-refractivity contribution in [3.63, 3.8) is 0 Å². The summed E-state index contributed by atoms with van der Waals surface area (Å²) in [6, 6.07) is 5.50. The largest absolute Gasteiger partial charge is 0.463 e. The number of hydrogen-bond donors (Lipinski definition) is 1. The van der Waals surface area contributed by atoms with Crippen molar-refractivity contribution in [1.29, 1.82) is 0 Å². The zero-order valence-electron chi connectivity index (χ0n) is 10.9. The van der Waals surface area contributed by atoms with Crippen LogP contribution in [0.5, 0.6) is 0 Å². The second kappa shape index (κ2) is 6.16. The average Bonchev–Trinajstić information content (AvgIpc) is 3.02. The minimum absolute atomic E-state index is 0.643. The Bertz CT molecular complexity index is 564. The van der Waals surface area contributed by atoms with E-state index >= 15 is 0 Å². The Morgan fingerprint density at radius 2 is 2.20 bits per heavy atom. The van der Waals surface area contributed by atoms with E-state index in [0.717, 1.165) is 32.1 Å². The number of rotatable bonds is 4. The summed E-state index contributed by atoms with van der Waals surface area (Å²) in [6.45, 7) is 3.13. The van der Waals surface area contributed by atoms with Gasteiger partial charge in [0.2, 0.25) is 0 Å². The molecule has 0 aromatic carbocycles. The fraction of sp³-hybridized carbons (Fsp3) is 0.308. The molecule has 0 radical (unpaired) electrons. The smallest absolute Gasteiger partial charge is 0.151 e. The van der Waals surface area contributed by atoms with Crippen LogP contribution in [0.4, 0.5) is 11.6 Å². The van der Waals surface area contributed by atoms with Crippen LogP contribution in [0.1, 0.15) is 5.76 Å². The van der Waals surface area contributed by atoms with Gasteiger partial charge in [0.25, 0.3) is 0 Å². The highest BCUT2D eigenvalue weighted by Crippen LogP contribution is 2.15. The Hall–Kier alpha value is -2.41. The van der Waals surface area contributed by atoms with Crippen molar-refractivity contribution in [3.05, 3.63) is 36.5 Å². The molecule has 104 valence electrons. The van der Waals surface area contributed by atoms with Gasteiger partial charge in [-0.3, -0.25) is 5.43 Å². The maximum Gasteiger partial charge on any atom is 0.151 e. The first-order chi connectivity index (χ1) is 9.92. The summed E-state index contributed by atoms with van der Waals surface area (Å²) in [5.74, 6) is 2.20. The van der Waals surface area contributed by atoms with Crippen LogP contribution in [0.15, 0.2) is 40.3 Å². The molecular weight excluding hydrogens is 258 g/mol. The van der Waals surface area contributed by atoms with Gasteiger partial charge in [-0.05, 0) is 12.1 Å². The zero-order chi connectivity index (χ0) is 13.6. The molecule has 7 heteroatoms. The Kier molecular flexibility index (Phi) is 3.88. The minimum atomic E-state index is 0.643.